The summed E-state index contributed by atoms with van der Waals surface area (Å²) >= 11 is 0. The Bertz CT molecular complexity index is 701. The van der Waals surface area contributed by atoms with Gasteiger partial charge in [-0.15, -0.1) is 0 Å². The number of nitrogens with zero attached hydrogens (tertiary/aromatic N) is 1. The monoisotopic (exact) mass is 344 g/mol. The minimum atomic E-state index is -4.46. The largest absolute Gasteiger partial charge is 0.464 e. The molecule has 2 heterocycles. The van der Waals surface area contributed by atoms with E-state index in [1.807, 2.05) is 0 Å². The molecule has 6 nitrogen and oxygen atoms in total. The van der Waals surface area contributed by atoms with Crippen LogP contribution >= 0.6 is 0 Å². The Balaban J connectivity index is 1.66. The minimum absolute atomic E-state index is 0.167. The molecule has 0 amide bonds. The predicted octanol–water partition coefficient (Wildman–Crippen LogP) is 3.27. The molecule has 3 aliphatic rings. The summed E-state index contributed by atoms with van der Waals surface area (Å²) in [5.41, 5.74) is 0.168. The molecule has 0 spiro atoms. The summed E-state index contributed by atoms with van der Waals surface area (Å²) in [6.45, 7) is 0.657. The average molecular weight is 344 g/mol. The molecule has 0 aromatic rings. The van der Waals surface area contributed by atoms with Gasteiger partial charge in [-0.1, -0.05) is 0 Å². The minimum Gasteiger partial charge on any atom is -0.464 e. The van der Waals surface area contributed by atoms with Gasteiger partial charge in [0.1, 0.15) is 12.0 Å². The lowest BCUT2D eigenvalue weighted by Gasteiger charge is -2.25. The molecule has 2 aliphatic heterocycles. The van der Waals surface area contributed by atoms with Gasteiger partial charge in [0.2, 0.25) is 0 Å². The van der Waals surface area contributed by atoms with E-state index in [2.05, 4.69) is 5.32 Å². The Kier molecular flexibility index (Phi) is 4.46. The van der Waals surface area contributed by atoms with Crippen molar-refractivity contribution in [2.45, 2.75) is 37.9 Å². The highest BCUT2D eigenvalue weighted by molar-refractivity contribution is 5.63. The van der Waals surface area contributed by atoms with E-state index in [1.165, 1.54) is 0 Å². The van der Waals surface area contributed by atoms with E-state index < -0.39 is 17.9 Å². The van der Waals surface area contributed by atoms with Gasteiger partial charge in [-0.3, -0.25) is 15.4 Å². The lowest BCUT2D eigenvalue weighted by molar-refractivity contribution is -0.534. The molecule has 1 saturated heterocycles. The Labute approximate surface area is 135 Å². The first kappa shape index (κ1) is 16.7. The highest BCUT2D eigenvalue weighted by Crippen LogP contribution is 2.35. The van der Waals surface area contributed by atoms with Crippen LogP contribution in [0.3, 0.4) is 0 Å². The second-order valence-corrected chi connectivity index (χ2v) is 5.73. The Hall–Kier alpha value is -2.13. The standard InChI is InChI=1S/C15H15F3N2O4/c16-15(17,18)11-5-10-3-9(4-13(10)24-8-11)7-23-12-1-2-19-14(6-12)20(21)22/h3-5,8,12,14,19H,1-2,6-7H2. The summed E-state index contributed by atoms with van der Waals surface area (Å²) < 4.78 is 48.7. The van der Waals surface area contributed by atoms with Crippen molar-refractivity contribution in [2.75, 3.05) is 6.54 Å². The smallest absolute Gasteiger partial charge is 0.419 e. The maximum atomic E-state index is 12.7. The number of halogens is 3. The molecule has 1 fully saturated rings. The molecule has 130 valence electrons. The number of fused-ring (bicyclic) bond motifs is 1. The Morgan fingerprint density at radius 1 is 1.38 bits per heavy atom. The number of piperidine rings is 1. The van der Waals surface area contributed by atoms with Gasteiger partial charge in [-0.05, 0) is 30.2 Å². The number of ether oxygens (including phenoxy) is 1. The van der Waals surface area contributed by atoms with Gasteiger partial charge in [0, 0.05) is 17.0 Å². The van der Waals surface area contributed by atoms with Crippen molar-refractivity contribution in [1.82, 2.24) is 5.32 Å². The summed E-state index contributed by atoms with van der Waals surface area (Å²) in [6.07, 6.45) is -3.96. The van der Waals surface area contributed by atoms with E-state index in [0.29, 0.717) is 36.1 Å². The van der Waals surface area contributed by atoms with Crippen LogP contribution in [0, 0.1) is 10.1 Å². The molecule has 0 radical (unpaired) electrons. The van der Waals surface area contributed by atoms with Gasteiger partial charge < -0.3 is 9.15 Å². The van der Waals surface area contributed by atoms with E-state index in [0.717, 1.165) is 6.07 Å². The van der Waals surface area contributed by atoms with E-state index in [-0.39, 0.29) is 24.1 Å². The fraction of sp³-hybridized carbons (Fsp3) is 0.467. The van der Waals surface area contributed by atoms with E-state index in [9.17, 15) is 23.3 Å². The lowest BCUT2D eigenvalue weighted by Crippen LogP contribution is -2.45. The maximum Gasteiger partial charge on any atom is 0.419 e. The predicted molar refractivity (Wildman–Crippen MR) is 76.9 cm³/mol. The number of hydrogen-bond acceptors (Lipinski definition) is 5. The van der Waals surface area contributed by atoms with Crippen molar-refractivity contribution in [2.24, 2.45) is 0 Å². The van der Waals surface area contributed by atoms with E-state index in [1.54, 1.807) is 12.1 Å². The fourth-order valence-corrected chi connectivity index (χ4v) is 2.73. The van der Waals surface area contributed by atoms with Crippen molar-refractivity contribution in [1.29, 1.82) is 0 Å². The quantitative estimate of drug-likeness (QED) is 0.680. The van der Waals surface area contributed by atoms with Crippen LogP contribution in [0.4, 0.5) is 13.2 Å². The molecule has 0 saturated carbocycles. The number of rotatable bonds is 4. The maximum absolute atomic E-state index is 12.7. The second kappa shape index (κ2) is 6.40. The first-order chi connectivity index (χ1) is 11.3. The third-order valence-corrected chi connectivity index (χ3v) is 3.97. The van der Waals surface area contributed by atoms with Crippen LogP contribution in [0.5, 0.6) is 0 Å². The van der Waals surface area contributed by atoms with Crippen LogP contribution in [0.25, 0.3) is 11.3 Å². The topological polar surface area (TPSA) is 77.5 Å². The van der Waals surface area contributed by atoms with Crippen LogP contribution in [-0.2, 0) is 17.5 Å². The molecule has 0 bridgehead atoms. The molecule has 9 heteroatoms. The number of nitro groups is 1. The number of hydrogen-bond donors (Lipinski definition) is 1. The third-order valence-electron chi connectivity index (χ3n) is 3.97. The first-order valence-electron chi connectivity index (χ1n) is 7.40. The van der Waals surface area contributed by atoms with Crippen LogP contribution in [-0.4, -0.2) is 23.7 Å². The van der Waals surface area contributed by atoms with Crippen LogP contribution < -0.4 is 5.32 Å². The summed E-state index contributed by atoms with van der Waals surface area (Å²) in [4.78, 5) is 10.4. The van der Waals surface area contributed by atoms with Crippen molar-refractivity contribution in [3.8, 4) is 11.3 Å². The summed E-state index contributed by atoms with van der Waals surface area (Å²) in [5.74, 6) is 0.343. The SMILES string of the molecule is O=[N+]([O-])C1CC(OCc2cc3cc(C(F)(F)F)coc-3c2)CCN1. The van der Waals surface area contributed by atoms with Gasteiger partial charge in [-0.25, -0.2) is 0 Å². The molecule has 2 atom stereocenters. The van der Waals surface area contributed by atoms with Crippen molar-refractivity contribution in [3.63, 3.8) is 0 Å². The summed E-state index contributed by atoms with van der Waals surface area (Å²) in [5, 5.41) is 13.6. The second-order valence-electron chi connectivity index (χ2n) is 5.73. The van der Waals surface area contributed by atoms with Crippen molar-refractivity contribution >= 4 is 0 Å². The van der Waals surface area contributed by atoms with Crippen LogP contribution in [0.1, 0.15) is 24.0 Å². The average Bonchev–Trinajstić information content (AvgIpc) is 2.94. The Morgan fingerprint density at radius 3 is 2.88 bits per heavy atom. The molecule has 24 heavy (non-hydrogen) atoms. The van der Waals surface area contributed by atoms with Gasteiger partial charge in [0.15, 0.2) is 0 Å². The summed E-state index contributed by atoms with van der Waals surface area (Å²) in [6, 6.07) is 4.21. The lowest BCUT2D eigenvalue weighted by atomic mass is 10.1. The van der Waals surface area contributed by atoms with Crippen molar-refractivity contribution < 1.29 is 27.2 Å². The highest BCUT2D eigenvalue weighted by Gasteiger charge is 2.33. The number of alkyl halides is 3. The van der Waals surface area contributed by atoms with Gasteiger partial charge >= 0.3 is 6.18 Å². The van der Waals surface area contributed by atoms with Crippen LogP contribution in [0.15, 0.2) is 28.9 Å². The summed E-state index contributed by atoms with van der Waals surface area (Å²) in [7, 11) is 0. The molecule has 0 aromatic carbocycles. The molecular formula is C15H15F3N2O4. The van der Waals surface area contributed by atoms with Crippen LogP contribution in [0.2, 0.25) is 0 Å². The number of nitrogens with one attached hydrogen (secondary N) is 1. The fourth-order valence-electron chi connectivity index (χ4n) is 2.73. The zero-order valence-electron chi connectivity index (χ0n) is 12.5. The zero-order chi connectivity index (χ0) is 17.3. The molecule has 3 rings (SSSR count). The third kappa shape index (κ3) is 3.68. The highest BCUT2D eigenvalue weighted by atomic mass is 19.4. The molecule has 1 N–H and O–H groups in total. The zero-order valence-corrected chi connectivity index (χ0v) is 12.5. The van der Waals surface area contributed by atoms with E-state index >= 15 is 0 Å². The Morgan fingerprint density at radius 2 is 2.17 bits per heavy atom. The molecular weight excluding hydrogens is 329 g/mol. The van der Waals surface area contributed by atoms with Gasteiger partial charge in [-0.2, -0.15) is 13.2 Å². The molecule has 1 aliphatic carbocycles. The van der Waals surface area contributed by atoms with Gasteiger partial charge in [0.05, 0.1) is 24.7 Å². The molecule has 2 unspecified atom stereocenters. The van der Waals surface area contributed by atoms with Crippen molar-refractivity contribution in [3.05, 3.63) is 45.7 Å². The van der Waals surface area contributed by atoms with Gasteiger partial charge in [0.25, 0.3) is 6.17 Å². The normalized spacial score (nSPS) is 22.0. The molecule has 0 aromatic heterocycles. The van der Waals surface area contributed by atoms with E-state index in [4.69, 9.17) is 9.15 Å². The first-order valence-corrected chi connectivity index (χ1v) is 7.40.